The molecule has 0 radical (unpaired) electrons. The van der Waals surface area contributed by atoms with Gasteiger partial charge in [0.2, 0.25) is 0 Å². The topological polar surface area (TPSA) is 61.9 Å². The maximum atomic E-state index is 12.0. The number of rotatable bonds is 3. The Balaban J connectivity index is 1.74. The average Bonchev–Trinajstić information content (AvgIpc) is 2.62. The molecule has 1 aliphatic heterocycles. The Morgan fingerprint density at radius 1 is 1.12 bits per heavy atom. The van der Waals surface area contributed by atoms with Crippen molar-refractivity contribution in [2.45, 2.75) is 31.7 Å². The van der Waals surface area contributed by atoms with Crippen molar-refractivity contribution >= 4 is 16.9 Å². The van der Waals surface area contributed by atoms with E-state index in [0.717, 1.165) is 37.0 Å². The third-order valence-electron chi connectivity index (χ3n) is 4.69. The zero-order valence-corrected chi connectivity index (χ0v) is 13.5. The Labute approximate surface area is 140 Å². The molecule has 5 nitrogen and oxygen atoms in total. The Morgan fingerprint density at radius 3 is 2.88 bits per heavy atom. The number of nitrogens with one attached hydrogen (secondary N) is 1. The highest BCUT2D eigenvalue weighted by atomic mass is 16.1. The predicted molar refractivity (Wildman–Crippen MR) is 95.3 cm³/mol. The van der Waals surface area contributed by atoms with Gasteiger partial charge in [-0.05, 0) is 43.4 Å². The fourth-order valence-electron chi connectivity index (χ4n) is 3.57. The molecule has 2 aromatic heterocycles. The quantitative estimate of drug-likeness (QED) is 0.806. The first kappa shape index (κ1) is 14.9. The maximum Gasteiger partial charge on any atom is 0.348 e. The van der Waals surface area contributed by atoms with E-state index in [9.17, 15) is 4.79 Å². The third-order valence-corrected chi connectivity index (χ3v) is 4.69. The Kier molecular flexibility index (Phi) is 3.99. The molecule has 1 aromatic carbocycles. The molecule has 1 saturated heterocycles. The van der Waals surface area contributed by atoms with Crippen molar-refractivity contribution in [1.82, 2.24) is 15.0 Å². The van der Waals surface area contributed by atoms with Crippen molar-refractivity contribution in [1.29, 1.82) is 0 Å². The number of fused-ring (bicyclic) bond motifs is 1. The lowest BCUT2D eigenvalue weighted by Crippen LogP contribution is -2.42. The zero-order chi connectivity index (χ0) is 16.4. The number of anilines is 1. The number of hydrogen-bond donors (Lipinski definition) is 1. The SMILES string of the molecule is O=c1nc(N2CCCCC2Cc2ccccc2)c2cccnc2[nH]1. The molecule has 4 rings (SSSR count). The van der Waals surface area contributed by atoms with Crippen LogP contribution in [-0.4, -0.2) is 27.5 Å². The van der Waals surface area contributed by atoms with Crippen LogP contribution in [0.5, 0.6) is 0 Å². The second kappa shape index (κ2) is 6.43. The molecule has 0 bridgehead atoms. The predicted octanol–water partition coefficient (Wildman–Crippen LogP) is 2.92. The molecule has 0 amide bonds. The minimum atomic E-state index is -0.333. The molecule has 1 aliphatic rings. The number of aromatic nitrogens is 3. The van der Waals surface area contributed by atoms with Crippen LogP contribution in [-0.2, 0) is 6.42 Å². The van der Waals surface area contributed by atoms with Crippen LogP contribution in [0.15, 0.2) is 53.5 Å². The molecule has 122 valence electrons. The van der Waals surface area contributed by atoms with E-state index in [1.807, 2.05) is 18.2 Å². The Hall–Kier alpha value is -2.69. The highest BCUT2D eigenvalue weighted by Gasteiger charge is 2.25. The standard InChI is InChI=1S/C19H20N4O/c24-19-21-17-16(10-6-11-20-17)18(22-19)23-12-5-4-9-15(23)13-14-7-2-1-3-8-14/h1-3,6-8,10-11,15H,4-5,9,12-13H2,(H,20,21,22,24). The summed E-state index contributed by atoms with van der Waals surface area (Å²) in [5.74, 6) is 0.766. The molecule has 1 unspecified atom stereocenters. The van der Waals surface area contributed by atoms with E-state index in [-0.39, 0.29) is 5.69 Å². The summed E-state index contributed by atoms with van der Waals surface area (Å²) >= 11 is 0. The van der Waals surface area contributed by atoms with Crippen molar-refractivity contribution < 1.29 is 0 Å². The molecule has 1 atom stereocenters. The lowest BCUT2D eigenvalue weighted by Gasteiger charge is -2.37. The van der Waals surface area contributed by atoms with Gasteiger partial charge in [0.1, 0.15) is 11.5 Å². The average molecular weight is 320 g/mol. The van der Waals surface area contributed by atoms with Crippen LogP contribution in [0.25, 0.3) is 11.0 Å². The molecule has 0 spiro atoms. The molecule has 5 heteroatoms. The van der Waals surface area contributed by atoms with Gasteiger partial charge in [0, 0.05) is 18.8 Å². The van der Waals surface area contributed by atoms with Gasteiger partial charge in [0.05, 0.1) is 5.39 Å². The van der Waals surface area contributed by atoms with Crippen LogP contribution in [0.2, 0.25) is 0 Å². The lowest BCUT2D eigenvalue weighted by molar-refractivity contribution is 0.454. The first-order chi connectivity index (χ1) is 11.8. The van der Waals surface area contributed by atoms with Gasteiger partial charge < -0.3 is 4.90 Å². The normalized spacial score (nSPS) is 18.0. The molecule has 1 N–H and O–H groups in total. The van der Waals surface area contributed by atoms with Gasteiger partial charge in [-0.25, -0.2) is 9.78 Å². The molecule has 3 heterocycles. The lowest BCUT2D eigenvalue weighted by atomic mass is 9.95. The van der Waals surface area contributed by atoms with Gasteiger partial charge in [-0.15, -0.1) is 0 Å². The van der Waals surface area contributed by atoms with Gasteiger partial charge in [-0.2, -0.15) is 4.98 Å². The maximum absolute atomic E-state index is 12.0. The number of piperidine rings is 1. The molecule has 24 heavy (non-hydrogen) atoms. The summed E-state index contributed by atoms with van der Waals surface area (Å²) in [5.41, 5.74) is 1.60. The van der Waals surface area contributed by atoms with Crippen LogP contribution < -0.4 is 10.6 Å². The molecular formula is C19H20N4O. The summed E-state index contributed by atoms with van der Waals surface area (Å²) < 4.78 is 0. The molecular weight excluding hydrogens is 300 g/mol. The van der Waals surface area contributed by atoms with Crippen LogP contribution in [0.3, 0.4) is 0 Å². The van der Waals surface area contributed by atoms with E-state index >= 15 is 0 Å². The first-order valence-corrected chi connectivity index (χ1v) is 8.47. The van der Waals surface area contributed by atoms with Gasteiger partial charge >= 0.3 is 5.69 Å². The van der Waals surface area contributed by atoms with Crippen molar-refractivity contribution in [2.24, 2.45) is 0 Å². The number of aromatic amines is 1. The first-order valence-electron chi connectivity index (χ1n) is 8.47. The number of H-pyrrole nitrogens is 1. The second-order valence-electron chi connectivity index (χ2n) is 6.30. The minimum absolute atomic E-state index is 0.333. The van der Waals surface area contributed by atoms with E-state index < -0.39 is 0 Å². The van der Waals surface area contributed by atoms with E-state index in [0.29, 0.717) is 11.7 Å². The number of nitrogens with zero attached hydrogens (tertiary/aromatic N) is 3. The van der Waals surface area contributed by atoms with Gasteiger partial charge in [0.25, 0.3) is 0 Å². The number of pyridine rings is 1. The van der Waals surface area contributed by atoms with E-state index in [1.165, 1.54) is 12.0 Å². The van der Waals surface area contributed by atoms with E-state index in [2.05, 4.69) is 44.1 Å². The molecule has 1 fully saturated rings. The van der Waals surface area contributed by atoms with Crippen LogP contribution in [0.1, 0.15) is 24.8 Å². The Morgan fingerprint density at radius 2 is 2.00 bits per heavy atom. The monoisotopic (exact) mass is 320 g/mol. The smallest absolute Gasteiger partial charge is 0.348 e. The molecule has 0 saturated carbocycles. The largest absolute Gasteiger partial charge is 0.353 e. The summed E-state index contributed by atoms with van der Waals surface area (Å²) in [6, 6.07) is 14.8. The van der Waals surface area contributed by atoms with Gasteiger partial charge in [-0.3, -0.25) is 4.98 Å². The zero-order valence-electron chi connectivity index (χ0n) is 13.5. The van der Waals surface area contributed by atoms with Crippen molar-refractivity contribution in [3.8, 4) is 0 Å². The second-order valence-corrected chi connectivity index (χ2v) is 6.30. The van der Waals surface area contributed by atoms with Crippen LogP contribution in [0.4, 0.5) is 5.82 Å². The Bertz CT molecular complexity index is 891. The van der Waals surface area contributed by atoms with Crippen molar-refractivity contribution in [2.75, 3.05) is 11.4 Å². The van der Waals surface area contributed by atoms with Gasteiger partial charge in [0.15, 0.2) is 0 Å². The highest BCUT2D eigenvalue weighted by Crippen LogP contribution is 2.29. The number of hydrogen-bond acceptors (Lipinski definition) is 4. The van der Waals surface area contributed by atoms with E-state index in [4.69, 9.17) is 0 Å². The summed E-state index contributed by atoms with van der Waals surface area (Å²) in [6.07, 6.45) is 6.12. The summed E-state index contributed by atoms with van der Waals surface area (Å²) in [7, 11) is 0. The van der Waals surface area contributed by atoms with Crippen LogP contribution >= 0.6 is 0 Å². The minimum Gasteiger partial charge on any atom is -0.353 e. The highest BCUT2D eigenvalue weighted by molar-refractivity contribution is 5.86. The fourth-order valence-corrected chi connectivity index (χ4v) is 3.57. The van der Waals surface area contributed by atoms with Crippen LogP contribution in [0, 0.1) is 0 Å². The summed E-state index contributed by atoms with van der Waals surface area (Å²) in [4.78, 5) is 25.6. The van der Waals surface area contributed by atoms with Crippen molar-refractivity contribution in [3.63, 3.8) is 0 Å². The van der Waals surface area contributed by atoms with Crippen molar-refractivity contribution in [3.05, 3.63) is 64.7 Å². The van der Waals surface area contributed by atoms with E-state index in [1.54, 1.807) is 6.20 Å². The van der Waals surface area contributed by atoms with Gasteiger partial charge in [-0.1, -0.05) is 30.3 Å². The fraction of sp³-hybridized carbons (Fsp3) is 0.316. The third kappa shape index (κ3) is 2.89. The molecule has 3 aromatic rings. The summed E-state index contributed by atoms with van der Waals surface area (Å²) in [6.45, 7) is 0.929. The number of benzene rings is 1. The summed E-state index contributed by atoms with van der Waals surface area (Å²) in [5, 5.41) is 0.914. The molecule has 0 aliphatic carbocycles.